The number of alkyl carbamates (subject to hydrolysis) is 1. The van der Waals surface area contributed by atoms with Gasteiger partial charge < -0.3 is 25.4 Å². The Balaban J connectivity index is 3.42. The predicted octanol–water partition coefficient (Wildman–Crippen LogP) is 6.79. The Hall–Kier alpha value is -2.77. The number of aryl methyl sites for hydroxylation is 1. The lowest BCUT2D eigenvalue weighted by atomic mass is 9.97. The van der Waals surface area contributed by atoms with E-state index < -0.39 is 23.8 Å². The fourth-order valence-electron chi connectivity index (χ4n) is 4.56. The van der Waals surface area contributed by atoms with Gasteiger partial charge in [0.2, 0.25) is 11.8 Å². The maximum atomic E-state index is 14.2. The minimum absolute atomic E-state index is 0.131. The zero-order chi connectivity index (χ0) is 30.3. The molecule has 0 saturated carbocycles. The van der Waals surface area contributed by atoms with Crippen molar-refractivity contribution in [3.8, 4) is 5.75 Å². The van der Waals surface area contributed by atoms with E-state index in [1.807, 2.05) is 13.8 Å². The molecular formula is C32H55N3O5. The first kappa shape index (κ1) is 35.3. The third-order valence-corrected chi connectivity index (χ3v) is 6.82. The van der Waals surface area contributed by atoms with Crippen LogP contribution in [0.3, 0.4) is 0 Å². The number of amides is 3. The molecule has 8 nitrogen and oxygen atoms in total. The second-order valence-electron chi connectivity index (χ2n) is 12.1. The van der Waals surface area contributed by atoms with Crippen LogP contribution in [0.1, 0.15) is 123 Å². The molecule has 1 aromatic rings. The van der Waals surface area contributed by atoms with Crippen molar-refractivity contribution in [2.45, 2.75) is 131 Å². The Bertz CT molecular complexity index is 926. The lowest BCUT2D eigenvalue weighted by Gasteiger charge is -2.36. The standard InChI is InChI=1S/C32H55N3O5/c1-9-11-13-14-15-17-21-35(30(38)27(23(3)4)34-31(39)40-32(6,7)8)28(29(37)33-20-16-12-10-2)25-18-19-26(36)24(5)22-25/h18-19,22-23,27-28,36H,9-17,20-21H2,1-8H3,(H,33,37)(H,34,39). The SMILES string of the molecule is CCCCCCCCN(C(=O)C(NC(=O)OC(C)(C)C)C(C)C)C(C(=O)NCCCCC)c1ccc(O)c(C)c1. The number of nitrogens with zero attached hydrogens (tertiary/aromatic N) is 1. The summed E-state index contributed by atoms with van der Waals surface area (Å²) in [7, 11) is 0. The van der Waals surface area contributed by atoms with Gasteiger partial charge in [-0.25, -0.2) is 4.79 Å². The third-order valence-electron chi connectivity index (χ3n) is 6.82. The van der Waals surface area contributed by atoms with E-state index in [0.717, 1.165) is 51.4 Å². The molecule has 0 aromatic heterocycles. The average Bonchev–Trinajstić information content (AvgIpc) is 2.86. The quantitative estimate of drug-likeness (QED) is 0.182. The number of unbranched alkanes of at least 4 members (excludes halogenated alkanes) is 7. The van der Waals surface area contributed by atoms with Crippen LogP contribution in [-0.2, 0) is 14.3 Å². The number of rotatable bonds is 17. The lowest BCUT2D eigenvalue weighted by molar-refractivity contribution is -0.143. The van der Waals surface area contributed by atoms with Gasteiger partial charge in [-0.1, -0.05) is 78.7 Å². The van der Waals surface area contributed by atoms with E-state index in [0.29, 0.717) is 24.2 Å². The molecule has 0 fully saturated rings. The van der Waals surface area contributed by atoms with Gasteiger partial charge in [-0.3, -0.25) is 9.59 Å². The molecule has 3 amide bonds. The molecule has 0 aliphatic rings. The second kappa shape index (κ2) is 17.8. The fraction of sp³-hybridized carbons (Fsp3) is 0.719. The number of aromatic hydroxyl groups is 1. The van der Waals surface area contributed by atoms with Crippen LogP contribution in [0.2, 0.25) is 0 Å². The maximum absolute atomic E-state index is 14.2. The van der Waals surface area contributed by atoms with E-state index >= 15 is 0 Å². The summed E-state index contributed by atoms with van der Waals surface area (Å²) in [5.41, 5.74) is 0.542. The molecule has 0 bridgehead atoms. The van der Waals surface area contributed by atoms with Gasteiger partial charge >= 0.3 is 6.09 Å². The largest absolute Gasteiger partial charge is 0.508 e. The van der Waals surface area contributed by atoms with Gasteiger partial charge in [0, 0.05) is 13.1 Å². The first-order chi connectivity index (χ1) is 18.8. The summed E-state index contributed by atoms with van der Waals surface area (Å²) in [6, 6.07) is 3.26. The van der Waals surface area contributed by atoms with E-state index in [-0.39, 0.29) is 23.5 Å². The van der Waals surface area contributed by atoms with Crippen molar-refractivity contribution in [1.82, 2.24) is 15.5 Å². The van der Waals surface area contributed by atoms with E-state index in [1.54, 1.807) is 50.8 Å². The van der Waals surface area contributed by atoms with Crippen LogP contribution in [-0.4, -0.2) is 52.6 Å². The molecule has 8 heteroatoms. The van der Waals surface area contributed by atoms with E-state index in [2.05, 4.69) is 24.5 Å². The van der Waals surface area contributed by atoms with Crippen molar-refractivity contribution >= 4 is 17.9 Å². The Morgan fingerprint density at radius 2 is 1.55 bits per heavy atom. The van der Waals surface area contributed by atoms with Crippen LogP contribution in [0.15, 0.2) is 18.2 Å². The number of ether oxygens (including phenoxy) is 1. The van der Waals surface area contributed by atoms with Crippen LogP contribution in [0.5, 0.6) is 5.75 Å². The number of nitrogens with one attached hydrogen (secondary N) is 2. The zero-order valence-corrected chi connectivity index (χ0v) is 26.3. The average molecular weight is 562 g/mol. The summed E-state index contributed by atoms with van der Waals surface area (Å²) < 4.78 is 5.45. The molecular weight excluding hydrogens is 506 g/mol. The number of phenols is 1. The van der Waals surface area contributed by atoms with E-state index in [4.69, 9.17) is 4.74 Å². The number of phenolic OH excluding ortho intramolecular Hbond substituents is 1. The molecule has 0 aliphatic heterocycles. The summed E-state index contributed by atoms with van der Waals surface area (Å²) in [5, 5.41) is 16.0. The Labute approximate surface area is 242 Å². The molecule has 0 aliphatic carbocycles. The van der Waals surface area contributed by atoms with Crippen LogP contribution in [0, 0.1) is 12.8 Å². The van der Waals surface area contributed by atoms with Crippen molar-refractivity contribution in [2.24, 2.45) is 5.92 Å². The molecule has 228 valence electrons. The van der Waals surface area contributed by atoms with Crippen LogP contribution >= 0.6 is 0 Å². The predicted molar refractivity (Wildman–Crippen MR) is 161 cm³/mol. The lowest BCUT2D eigenvalue weighted by Crippen LogP contribution is -2.55. The van der Waals surface area contributed by atoms with Crippen molar-refractivity contribution < 1.29 is 24.2 Å². The van der Waals surface area contributed by atoms with Gasteiger partial charge in [0.1, 0.15) is 23.4 Å². The molecule has 0 radical (unpaired) electrons. The molecule has 2 atom stereocenters. The van der Waals surface area contributed by atoms with Gasteiger partial charge in [-0.2, -0.15) is 0 Å². The maximum Gasteiger partial charge on any atom is 0.408 e. The first-order valence-corrected chi connectivity index (χ1v) is 15.2. The topological polar surface area (TPSA) is 108 Å². The molecule has 40 heavy (non-hydrogen) atoms. The second-order valence-corrected chi connectivity index (χ2v) is 12.1. The minimum atomic E-state index is -0.897. The molecule has 3 N–H and O–H groups in total. The number of hydrogen-bond donors (Lipinski definition) is 3. The minimum Gasteiger partial charge on any atom is -0.508 e. The van der Waals surface area contributed by atoms with Crippen molar-refractivity contribution in [3.05, 3.63) is 29.3 Å². The highest BCUT2D eigenvalue weighted by molar-refractivity contribution is 5.92. The summed E-state index contributed by atoms with van der Waals surface area (Å²) in [6.45, 7) is 16.0. The number of benzene rings is 1. The monoisotopic (exact) mass is 561 g/mol. The van der Waals surface area contributed by atoms with Gasteiger partial charge in [0.15, 0.2) is 0 Å². The Kier molecular flexibility index (Phi) is 15.7. The van der Waals surface area contributed by atoms with Crippen LogP contribution in [0.25, 0.3) is 0 Å². The van der Waals surface area contributed by atoms with Gasteiger partial charge in [0.05, 0.1) is 0 Å². The van der Waals surface area contributed by atoms with Gasteiger partial charge in [-0.05, 0) is 69.7 Å². The van der Waals surface area contributed by atoms with Crippen LogP contribution in [0.4, 0.5) is 4.79 Å². The molecule has 0 heterocycles. The molecule has 0 saturated heterocycles. The molecule has 2 unspecified atom stereocenters. The smallest absolute Gasteiger partial charge is 0.408 e. The van der Waals surface area contributed by atoms with Crippen LogP contribution < -0.4 is 10.6 Å². The highest BCUT2D eigenvalue weighted by atomic mass is 16.6. The third kappa shape index (κ3) is 12.6. The molecule has 1 rings (SSSR count). The number of hydrogen-bond acceptors (Lipinski definition) is 5. The Morgan fingerprint density at radius 1 is 0.950 bits per heavy atom. The summed E-state index contributed by atoms with van der Waals surface area (Å²) in [6.07, 6.45) is 8.42. The summed E-state index contributed by atoms with van der Waals surface area (Å²) in [4.78, 5) is 42.3. The van der Waals surface area contributed by atoms with E-state index in [9.17, 15) is 19.5 Å². The van der Waals surface area contributed by atoms with Crippen molar-refractivity contribution in [1.29, 1.82) is 0 Å². The van der Waals surface area contributed by atoms with E-state index in [1.165, 1.54) is 6.42 Å². The normalized spacial score (nSPS) is 13.0. The fourth-order valence-corrected chi connectivity index (χ4v) is 4.56. The van der Waals surface area contributed by atoms with Gasteiger partial charge in [0.25, 0.3) is 0 Å². The zero-order valence-electron chi connectivity index (χ0n) is 26.3. The van der Waals surface area contributed by atoms with Crippen molar-refractivity contribution in [3.63, 3.8) is 0 Å². The number of carbonyl (C=O) groups is 3. The summed E-state index contributed by atoms with van der Waals surface area (Å²) in [5.74, 6) is -0.692. The highest BCUT2D eigenvalue weighted by Gasteiger charge is 2.37. The summed E-state index contributed by atoms with van der Waals surface area (Å²) >= 11 is 0. The molecule has 0 spiro atoms. The highest BCUT2D eigenvalue weighted by Crippen LogP contribution is 2.28. The van der Waals surface area contributed by atoms with Gasteiger partial charge in [-0.15, -0.1) is 0 Å². The number of carbonyl (C=O) groups excluding carboxylic acids is 3. The molecule has 1 aromatic carbocycles. The van der Waals surface area contributed by atoms with Crippen molar-refractivity contribution in [2.75, 3.05) is 13.1 Å². The Morgan fingerprint density at radius 3 is 2.12 bits per heavy atom. The first-order valence-electron chi connectivity index (χ1n) is 15.2.